The van der Waals surface area contributed by atoms with Crippen molar-refractivity contribution in [1.29, 1.82) is 0 Å². The van der Waals surface area contributed by atoms with Crippen molar-refractivity contribution in [3.8, 4) is 0 Å². The molecule has 0 aliphatic carbocycles. The van der Waals surface area contributed by atoms with Crippen LogP contribution < -0.4 is 0 Å². The normalized spacial score (nSPS) is 11.9. The Morgan fingerprint density at radius 3 is 2.29 bits per heavy atom. The van der Waals surface area contributed by atoms with Crippen LogP contribution in [0, 0.1) is 6.92 Å². The average Bonchev–Trinajstić information content (AvgIpc) is 2.16. The lowest BCUT2D eigenvalue weighted by atomic mass is 9.82. The highest BCUT2D eigenvalue weighted by Gasteiger charge is 2.19. The molecule has 0 fully saturated rings. The predicted molar refractivity (Wildman–Crippen MR) is 61.3 cm³/mol. The zero-order valence-electron chi connectivity index (χ0n) is 9.08. The molecule has 0 radical (unpaired) electrons. The van der Waals surface area contributed by atoms with Crippen LogP contribution in [0.2, 0.25) is 0 Å². The molecule has 0 saturated carbocycles. The fraction of sp³-hybridized carbons (Fsp3) is 0.500. The summed E-state index contributed by atoms with van der Waals surface area (Å²) in [5.74, 6) is 0. The van der Waals surface area contributed by atoms with Crippen molar-refractivity contribution >= 4 is 8.46 Å². The number of rotatable bonds is 4. The Bertz CT molecular complexity index is 301. The van der Waals surface area contributed by atoms with Gasteiger partial charge in [0.05, 0.1) is 0 Å². The zero-order valence-corrected chi connectivity index (χ0v) is 9.97. The molecule has 76 valence electrons. The Balaban J connectivity index is 2.80. The van der Waals surface area contributed by atoms with Gasteiger partial charge >= 0.3 is 0 Å². The summed E-state index contributed by atoms with van der Waals surface area (Å²) in [4.78, 5) is 0. The second-order valence-electron chi connectivity index (χ2n) is 4.35. The van der Waals surface area contributed by atoms with Crippen LogP contribution in [0.15, 0.2) is 24.3 Å². The summed E-state index contributed by atoms with van der Waals surface area (Å²) >= 11 is 0. The van der Waals surface area contributed by atoms with Gasteiger partial charge in [-0.3, -0.25) is 4.57 Å². The third-order valence-electron chi connectivity index (χ3n) is 2.66. The van der Waals surface area contributed by atoms with Crippen molar-refractivity contribution in [3.63, 3.8) is 0 Å². The standard InChI is InChI=1S/C12H17OP/c1-10-4-6-11(7-5-10)12(2,3)8-9-14-13/h4-7H,8-9H2,1-3H3. The van der Waals surface area contributed by atoms with Gasteiger partial charge in [0.25, 0.3) is 0 Å². The highest BCUT2D eigenvalue weighted by Crippen LogP contribution is 2.28. The zero-order chi connectivity index (χ0) is 10.6. The van der Waals surface area contributed by atoms with Crippen LogP contribution in [0.1, 0.15) is 31.4 Å². The minimum absolute atomic E-state index is 0.130. The van der Waals surface area contributed by atoms with E-state index in [9.17, 15) is 4.57 Å². The minimum Gasteiger partial charge on any atom is -0.275 e. The van der Waals surface area contributed by atoms with E-state index < -0.39 is 0 Å². The molecular weight excluding hydrogens is 191 g/mol. The van der Waals surface area contributed by atoms with Gasteiger partial charge in [-0.15, -0.1) is 0 Å². The van der Waals surface area contributed by atoms with E-state index in [4.69, 9.17) is 0 Å². The first-order valence-electron chi connectivity index (χ1n) is 4.92. The fourth-order valence-corrected chi connectivity index (χ4v) is 2.12. The molecule has 0 unspecified atom stereocenters. The first-order chi connectivity index (χ1) is 6.56. The number of hydrogen-bond donors (Lipinski definition) is 0. The molecule has 0 N–H and O–H groups in total. The minimum atomic E-state index is 0.130. The van der Waals surface area contributed by atoms with Gasteiger partial charge in [-0.05, 0) is 24.3 Å². The van der Waals surface area contributed by atoms with E-state index in [0.717, 1.165) is 12.6 Å². The summed E-state index contributed by atoms with van der Waals surface area (Å²) in [6.07, 6.45) is 1.70. The van der Waals surface area contributed by atoms with Crippen molar-refractivity contribution in [1.82, 2.24) is 0 Å². The maximum Gasteiger partial charge on any atom is 0.155 e. The van der Waals surface area contributed by atoms with Crippen LogP contribution in [-0.4, -0.2) is 6.16 Å². The molecule has 0 aromatic heterocycles. The Kier molecular flexibility index (Phi) is 3.83. The smallest absolute Gasteiger partial charge is 0.155 e. The lowest BCUT2D eigenvalue weighted by Crippen LogP contribution is -2.17. The second-order valence-corrected chi connectivity index (χ2v) is 5.06. The molecular formula is C12H17OP. The second kappa shape index (κ2) is 4.70. The molecule has 0 atom stereocenters. The summed E-state index contributed by atoms with van der Waals surface area (Å²) in [5, 5.41) is 0. The van der Waals surface area contributed by atoms with Gasteiger partial charge in [-0.2, -0.15) is 0 Å². The quantitative estimate of drug-likeness (QED) is 0.684. The maximum absolute atomic E-state index is 10.4. The Labute approximate surface area is 87.7 Å². The average molecular weight is 208 g/mol. The third kappa shape index (κ3) is 2.92. The van der Waals surface area contributed by atoms with Crippen LogP contribution >= 0.6 is 8.46 Å². The fourth-order valence-electron chi connectivity index (χ4n) is 1.47. The van der Waals surface area contributed by atoms with E-state index in [1.165, 1.54) is 11.1 Å². The Hall–Kier alpha value is -0.680. The predicted octanol–water partition coefficient (Wildman–Crippen LogP) is 3.95. The summed E-state index contributed by atoms with van der Waals surface area (Å²) in [6, 6.07) is 8.59. The first-order valence-corrected chi connectivity index (χ1v) is 5.92. The monoisotopic (exact) mass is 208 g/mol. The van der Waals surface area contributed by atoms with Gasteiger partial charge in [0.15, 0.2) is 8.46 Å². The molecule has 0 aliphatic heterocycles. The van der Waals surface area contributed by atoms with Crippen molar-refractivity contribution in [2.24, 2.45) is 0 Å². The number of hydrogen-bond acceptors (Lipinski definition) is 1. The van der Waals surface area contributed by atoms with E-state index in [1.54, 1.807) is 0 Å². The van der Waals surface area contributed by atoms with Crippen LogP contribution in [0.3, 0.4) is 0 Å². The lowest BCUT2D eigenvalue weighted by molar-refractivity contribution is 0.505. The highest BCUT2D eigenvalue weighted by molar-refractivity contribution is 7.23. The largest absolute Gasteiger partial charge is 0.275 e. The molecule has 0 amide bonds. The van der Waals surface area contributed by atoms with Gasteiger partial charge in [-0.25, -0.2) is 0 Å². The van der Waals surface area contributed by atoms with E-state index in [0.29, 0.717) is 0 Å². The van der Waals surface area contributed by atoms with Crippen molar-refractivity contribution in [3.05, 3.63) is 35.4 Å². The summed E-state index contributed by atoms with van der Waals surface area (Å²) in [6.45, 7) is 6.48. The van der Waals surface area contributed by atoms with Crippen molar-refractivity contribution in [2.45, 2.75) is 32.6 Å². The van der Waals surface area contributed by atoms with E-state index in [-0.39, 0.29) is 13.9 Å². The molecule has 0 bridgehead atoms. The number of benzene rings is 1. The molecule has 2 heteroatoms. The van der Waals surface area contributed by atoms with Crippen LogP contribution in [0.25, 0.3) is 0 Å². The molecule has 1 nitrogen and oxygen atoms in total. The van der Waals surface area contributed by atoms with Crippen molar-refractivity contribution < 1.29 is 4.57 Å². The molecule has 0 spiro atoms. The summed E-state index contributed by atoms with van der Waals surface area (Å²) in [5.41, 5.74) is 2.74. The summed E-state index contributed by atoms with van der Waals surface area (Å²) < 4.78 is 10.4. The van der Waals surface area contributed by atoms with Gasteiger partial charge < -0.3 is 0 Å². The topological polar surface area (TPSA) is 17.1 Å². The molecule has 0 saturated heterocycles. The molecule has 0 heterocycles. The molecule has 0 aliphatic rings. The Morgan fingerprint density at radius 1 is 1.21 bits per heavy atom. The van der Waals surface area contributed by atoms with Crippen LogP contribution in [-0.2, 0) is 9.98 Å². The molecule has 14 heavy (non-hydrogen) atoms. The van der Waals surface area contributed by atoms with Crippen LogP contribution in [0.4, 0.5) is 0 Å². The van der Waals surface area contributed by atoms with E-state index >= 15 is 0 Å². The van der Waals surface area contributed by atoms with Gasteiger partial charge in [0.1, 0.15) is 0 Å². The van der Waals surface area contributed by atoms with Crippen LogP contribution in [0.5, 0.6) is 0 Å². The third-order valence-corrected chi connectivity index (χ3v) is 3.07. The Morgan fingerprint density at radius 2 is 1.79 bits per heavy atom. The first kappa shape index (κ1) is 11.4. The van der Waals surface area contributed by atoms with Crippen molar-refractivity contribution in [2.75, 3.05) is 6.16 Å². The number of aryl methyl sites for hydroxylation is 1. The maximum atomic E-state index is 10.4. The van der Waals surface area contributed by atoms with E-state index in [2.05, 4.69) is 45.0 Å². The lowest BCUT2D eigenvalue weighted by Gasteiger charge is -2.24. The molecule has 1 rings (SSSR count). The summed E-state index contributed by atoms with van der Waals surface area (Å²) in [7, 11) is 0.250. The highest BCUT2D eigenvalue weighted by atomic mass is 31.1. The van der Waals surface area contributed by atoms with Gasteiger partial charge in [-0.1, -0.05) is 43.7 Å². The molecule has 1 aromatic carbocycles. The molecule has 1 aromatic rings. The van der Waals surface area contributed by atoms with Gasteiger partial charge in [0, 0.05) is 6.16 Å². The van der Waals surface area contributed by atoms with E-state index in [1.807, 2.05) is 0 Å². The van der Waals surface area contributed by atoms with Gasteiger partial charge in [0.2, 0.25) is 0 Å². The SMILES string of the molecule is Cc1ccc(C(C)(C)CCP=O)cc1.